The van der Waals surface area contributed by atoms with Gasteiger partial charge in [-0.25, -0.2) is 4.98 Å². The highest BCUT2D eigenvalue weighted by molar-refractivity contribution is 9.10. The summed E-state index contributed by atoms with van der Waals surface area (Å²) in [4.78, 5) is 4.32. The molecule has 1 aliphatic carbocycles. The number of hydrogen-bond donors (Lipinski definition) is 1. The largest absolute Gasteiger partial charge is 0.370 e. The lowest BCUT2D eigenvalue weighted by Crippen LogP contribution is -2.15. The molecule has 0 radical (unpaired) electrons. The first-order valence-electron chi connectivity index (χ1n) is 5.62. The van der Waals surface area contributed by atoms with Crippen LogP contribution in [0.2, 0.25) is 0 Å². The number of anilines is 1. The Kier molecular flexibility index (Phi) is 3.62. The van der Waals surface area contributed by atoms with E-state index in [-0.39, 0.29) is 0 Å². The van der Waals surface area contributed by atoms with Crippen molar-refractivity contribution in [2.75, 3.05) is 11.9 Å². The van der Waals surface area contributed by atoms with Crippen LogP contribution in [-0.2, 0) is 0 Å². The first-order valence-corrected chi connectivity index (χ1v) is 6.41. The lowest BCUT2D eigenvalue weighted by atomic mass is 9.83. The standard InChI is InChI=1S/C12H17BrN2/c1-9-7-12(15-8-11(9)13)14-6-5-10-3-2-4-10/h7-8,10H,2-6H2,1H3,(H,14,15). The van der Waals surface area contributed by atoms with Gasteiger partial charge in [0.1, 0.15) is 5.82 Å². The summed E-state index contributed by atoms with van der Waals surface area (Å²) in [5.74, 6) is 1.96. The van der Waals surface area contributed by atoms with E-state index in [2.05, 4.69) is 39.2 Å². The third-order valence-electron chi connectivity index (χ3n) is 3.13. The van der Waals surface area contributed by atoms with Crippen LogP contribution < -0.4 is 5.32 Å². The molecule has 0 amide bonds. The van der Waals surface area contributed by atoms with Crippen LogP contribution in [0.5, 0.6) is 0 Å². The van der Waals surface area contributed by atoms with E-state index in [0.29, 0.717) is 0 Å². The molecule has 0 aromatic carbocycles. The third kappa shape index (κ3) is 2.94. The number of pyridine rings is 1. The van der Waals surface area contributed by atoms with Gasteiger partial charge in [-0.3, -0.25) is 0 Å². The van der Waals surface area contributed by atoms with Crippen molar-refractivity contribution in [1.82, 2.24) is 4.98 Å². The van der Waals surface area contributed by atoms with Crippen molar-refractivity contribution in [3.8, 4) is 0 Å². The van der Waals surface area contributed by atoms with Gasteiger partial charge in [-0.2, -0.15) is 0 Å². The number of aromatic nitrogens is 1. The quantitative estimate of drug-likeness (QED) is 0.900. The molecule has 82 valence electrons. The lowest BCUT2D eigenvalue weighted by molar-refractivity contribution is 0.303. The zero-order chi connectivity index (χ0) is 10.7. The summed E-state index contributed by atoms with van der Waals surface area (Å²) in [5, 5.41) is 3.38. The second kappa shape index (κ2) is 4.97. The van der Waals surface area contributed by atoms with Crippen LogP contribution >= 0.6 is 15.9 Å². The van der Waals surface area contributed by atoms with E-state index in [0.717, 1.165) is 22.8 Å². The molecule has 2 rings (SSSR count). The van der Waals surface area contributed by atoms with Gasteiger partial charge in [0.25, 0.3) is 0 Å². The Bertz CT molecular complexity index is 334. The highest BCUT2D eigenvalue weighted by Crippen LogP contribution is 2.29. The third-order valence-corrected chi connectivity index (χ3v) is 3.96. The summed E-state index contributed by atoms with van der Waals surface area (Å²) in [6.07, 6.45) is 7.43. The summed E-state index contributed by atoms with van der Waals surface area (Å²) in [6, 6.07) is 2.09. The van der Waals surface area contributed by atoms with Crippen LogP contribution in [0, 0.1) is 12.8 Å². The summed E-state index contributed by atoms with van der Waals surface area (Å²) < 4.78 is 1.08. The lowest BCUT2D eigenvalue weighted by Gasteiger charge is -2.25. The maximum absolute atomic E-state index is 4.32. The Morgan fingerprint density at radius 1 is 1.53 bits per heavy atom. The molecular formula is C12H17BrN2. The zero-order valence-electron chi connectivity index (χ0n) is 9.09. The molecule has 1 saturated carbocycles. The van der Waals surface area contributed by atoms with Gasteiger partial charge in [0.15, 0.2) is 0 Å². The second-order valence-electron chi connectivity index (χ2n) is 4.33. The Labute approximate surface area is 99.6 Å². The van der Waals surface area contributed by atoms with Gasteiger partial charge >= 0.3 is 0 Å². The molecule has 15 heavy (non-hydrogen) atoms. The van der Waals surface area contributed by atoms with E-state index in [1.54, 1.807) is 0 Å². The SMILES string of the molecule is Cc1cc(NCCC2CCC2)ncc1Br. The van der Waals surface area contributed by atoms with Gasteiger partial charge < -0.3 is 5.32 Å². The van der Waals surface area contributed by atoms with Crippen LogP contribution in [0.4, 0.5) is 5.82 Å². The van der Waals surface area contributed by atoms with Crippen molar-refractivity contribution in [2.24, 2.45) is 5.92 Å². The van der Waals surface area contributed by atoms with Crippen molar-refractivity contribution < 1.29 is 0 Å². The molecule has 0 spiro atoms. The fraction of sp³-hybridized carbons (Fsp3) is 0.583. The molecule has 1 aromatic rings. The average Bonchev–Trinajstić information content (AvgIpc) is 2.15. The molecular weight excluding hydrogens is 252 g/mol. The van der Waals surface area contributed by atoms with E-state index in [4.69, 9.17) is 0 Å². The minimum atomic E-state index is 0.967. The van der Waals surface area contributed by atoms with Crippen LogP contribution in [-0.4, -0.2) is 11.5 Å². The van der Waals surface area contributed by atoms with Crippen LogP contribution in [0.25, 0.3) is 0 Å². The maximum Gasteiger partial charge on any atom is 0.126 e. The van der Waals surface area contributed by atoms with Gasteiger partial charge in [-0.15, -0.1) is 0 Å². The Balaban J connectivity index is 1.79. The van der Waals surface area contributed by atoms with E-state index < -0.39 is 0 Å². The Hall–Kier alpha value is -0.570. The minimum absolute atomic E-state index is 0.967. The monoisotopic (exact) mass is 268 g/mol. The smallest absolute Gasteiger partial charge is 0.126 e. The first-order chi connectivity index (χ1) is 7.25. The van der Waals surface area contributed by atoms with Gasteiger partial charge in [0.05, 0.1) is 0 Å². The summed E-state index contributed by atoms with van der Waals surface area (Å²) in [7, 11) is 0. The molecule has 0 aliphatic heterocycles. The molecule has 0 bridgehead atoms. The first kappa shape index (κ1) is 10.9. The van der Waals surface area contributed by atoms with E-state index in [1.165, 1.54) is 31.2 Å². The number of hydrogen-bond acceptors (Lipinski definition) is 2. The molecule has 0 atom stereocenters. The molecule has 1 heterocycles. The zero-order valence-corrected chi connectivity index (χ0v) is 10.7. The van der Waals surface area contributed by atoms with Crippen molar-refractivity contribution in [1.29, 1.82) is 0 Å². The van der Waals surface area contributed by atoms with Crippen molar-refractivity contribution in [3.63, 3.8) is 0 Å². The van der Waals surface area contributed by atoms with Crippen molar-refractivity contribution >= 4 is 21.7 Å². The molecule has 0 saturated heterocycles. The van der Waals surface area contributed by atoms with Gasteiger partial charge in [0.2, 0.25) is 0 Å². The molecule has 1 N–H and O–H groups in total. The Morgan fingerprint density at radius 3 is 2.93 bits per heavy atom. The van der Waals surface area contributed by atoms with E-state index in [9.17, 15) is 0 Å². The number of rotatable bonds is 4. The molecule has 3 heteroatoms. The van der Waals surface area contributed by atoms with Crippen molar-refractivity contribution in [3.05, 3.63) is 22.3 Å². The maximum atomic E-state index is 4.32. The predicted octanol–water partition coefficient (Wildman–Crippen LogP) is 3.75. The average molecular weight is 269 g/mol. The number of nitrogens with one attached hydrogen (secondary N) is 1. The summed E-state index contributed by atoms with van der Waals surface area (Å²) in [5.41, 5.74) is 1.23. The Morgan fingerprint density at radius 2 is 2.33 bits per heavy atom. The predicted molar refractivity (Wildman–Crippen MR) is 67.1 cm³/mol. The molecule has 1 aromatic heterocycles. The molecule has 0 unspecified atom stereocenters. The minimum Gasteiger partial charge on any atom is -0.370 e. The van der Waals surface area contributed by atoms with Crippen LogP contribution in [0.15, 0.2) is 16.7 Å². The van der Waals surface area contributed by atoms with Gasteiger partial charge in [0, 0.05) is 17.2 Å². The van der Waals surface area contributed by atoms with Crippen LogP contribution in [0.3, 0.4) is 0 Å². The molecule has 1 fully saturated rings. The summed E-state index contributed by atoms with van der Waals surface area (Å²) >= 11 is 3.45. The fourth-order valence-electron chi connectivity index (χ4n) is 1.82. The van der Waals surface area contributed by atoms with E-state index in [1.807, 2.05) is 6.20 Å². The van der Waals surface area contributed by atoms with Gasteiger partial charge in [-0.1, -0.05) is 19.3 Å². The normalized spacial score (nSPS) is 16.1. The molecule has 2 nitrogen and oxygen atoms in total. The van der Waals surface area contributed by atoms with Gasteiger partial charge in [-0.05, 0) is 46.8 Å². The van der Waals surface area contributed by atoms with Crippen molar-refractivity contribution in [2.45, 2.75) is 32.6 Å². The fourth-order valence-corrected chi connectivity index (χ4v) is 2.04. The highest BCUT2D eigenvalue weighted by atomic mass is 79.9. The number of halogens is 1. The van der Waals surface area contributed by atoms with E-state index >= 15 is 0 Å². The molecule has 1 aliphatic rings. The highest BCUT2D eigenvalue weighted by Gasteiger charge is 2.16. The topological polar surface area (TPSA) is 24.9 Å². The number of nitrogens with zero attached hydrogens (tertiary/aromatic N) is 1. The summed E-state index contributed by atoms with van der Waals surface area (Å²) in [6.45, 7) is 3.14. The van der Waals surface area contributed by atoms with Crippen LogP contribution in [0.1, 0.15) is 31.2 Å². The number of aryl methyl sites for hydroxylation is 1. The second-order valence-corrected chi connectivity index (χ2v) is 5.19.